The van der Waals surface area contributed by atoms with Crippen molar-refractivity contribution in [3.63, 3.8) is 0 Å². The van der Waals surface area contributed by atoms with Crippen LogP contribution in [-0.2, 0) is 0 Å². The number of nitrogens with zero attached hydrogens (tertiary/aromatic N) is 1. The molecule has 0 spiro atoms. The van der Waals surface area contributed by atoms with Crippen molar-refractivity contribution in [2.45, 2.75) is 0 Å². The van der Waals surface area contributed by atoms with E-state index in [0.717, 1.165) is 94.0 Å². The summed E-state index contributed by atoms with van der Waals surface area (Å²) in [6.45, 7) is 0. The highest BCUT2D eigenvalue weighted by Gasteiger charge is 2.20. The number of para-hydroxylation sites is 2. The maximum atomic E-state index is 6.82. The molecule has 0 saturated heterocycles. The molecular weight excluding hydrogens is 735 g/mol. The Kier molecular flexibility index (Phi) is 6.98. The fourth-order valence-corrected chi connectivity index (χ4v) is 9.47. The topological polar surface area (TPSA) is 42.7 Å². The van der Waals surface area contributed by atoms with Crippen LogP contribution in [0, 0.1) is 0 Å². The summed E-state index contributed by atoms with van der Waals surface area (Å²) in [4.78, 5) is 2.31. The lowest BCUT2D eigenvalue weighted by molar-refractivity contribution is 0.663. The number of anilines is 3. The SMILES string of the molecule is c1ccc2c(-c3ccc(N(c4ccc(-c5cccc6c5oc5c6ccc6oc7ccccc7c65)cc4)c4ccc5c(c4)oc4ccc6ccccc6c45)cc3)cccc2c1. The number of benzene rings is 10. The van der Waals surface area contributed by atoms with Gasteiger partial charge in [-0.05, 0) is 98.9 Å². The molecule has 280 valence electrons. The first-order valence-electron chi connectivity index (χ1n) is 20.3. The third kappa shape index (κ3) is 4.91. The highest BCUT2D eigenvalue weighted by Crippen LogP contribution is 2.44. The predicted octanol–water partition coefficient (Wildman–Crippen LogP) is 16.5. The van der Waals surface area contributed by atoms with Gasteiger partial charge in [-0.1, -0.05) is 133 Å². The second-order valence-corrected chi connectivity index (χ2v) is 15.6. The van der Waals surface area contributed by atoms with Gasteiger partial charge in [-0.25, -0.2) is 0 Å². The first kappa shape index (κ1) is 32.9. The molecule has 4 nitrogen and oxygen atoms in total. The van der Waals surface area contributed by atoms with Crippen molar-refractivity contribution in [3.05, 3.63) is 200 Å². The molecule has 0 saturated carbocycles. The molecule has 0 N–H and O–H groups in total. The maximum absolute atomic E-state index is 6.82. The quantitative estimate of drug-likeness (QED) is 0.175. The lowest BCUT2D eigenvalue weighted by Crippen LogP contribution is -2.09. The van der Waals surface area contributed by atoms with Crippen LogP contribution in [0.2, 0.25) is 0 Å². The minimum atomic E-state index is 0.827. The van der Waals surface area contributed by atoms with Crippen molar-refractivity contribution in [1.82, 2.24) is 0 Å². The molecule has 60 heavy (non-hydrogen) atoms. The third-order valence-corrected chi connectivity index (χ3v) is 12.3. The van der Waals surface area contributed by atoms with E-state index in [1.165, 1.54) is 32.7 Å². The van der Waals surface area contributed by atoms with Gasteiger partial charge in [0.2, 0.25) is 0 Å². The fourth-order valence-electron chi connectivity index (χ4n) is 9.47. The summed E-state index contributed by atoms with van der Waals surface area (Å²) < 4.78 is 19.6. The molecule has 0 atom stereocenters. The van der Waals surface area contributed by atoms with Gasteiger partial charge < -0.3 is 18.2 Å². The number of furan rings is 3. The number of hydrogen-bond donors (Lipinski definition) is 0. The van der Waals surface area contributed by atoms with Crippen LogP contribution < -0.4 is 4.90 Å². The Labute approximate surface area is 343 Å². The van der Waals surface area contributed by atoms with Crippen LogP contribution >= 0.6 is 0 Å². The summed E-state index contributed by atoms with van der Waals surface area (Å²) >= 11 is 0. The minimum absolute atomic E-state index is 0.827. The van der Waals surface area contributed by atoms with Gasteiger partial charge in [0.1, 0.15) is 33.5 Å². The van der Waals surface area contributed by atoms with Crippen LogP contribution in [0.1, 0.15) is 0 Å². The first-order valence-corrected chi connectivity index (χ1v) is 20.3. The lowest BCUT2D eigenvalue weighted by atomic mass is 9.98. The molecule has 0 fully saturated rings. The average Bonchev–Trinajstić information content (AvgIpc) is 4.01. The molecule has 0 aliphatic rings. The van der Waals surface area contributed by atoms with E-state index in [4.69, 9.17) is 13.3 Å². The molecule has 4 heteroatoms. The van der Waals surface area contributed by atoms with E-state index in [1.807, 2.05) is 18.2 Å². The van der Waals surface area contributed by atoms with E-state index in [9.17, 15) is 0 Å². The summed E-state index contributed by atoms with van der Waals surface area (Å²) in [5.74, 6) is 0. The Morgan fingerprint density at radius 3 is 1.63 bits per heavy atom. The molecule has 13 aromatic rings. The summed E-state index contributed by atoms with van der Waals surface area (Å²) in [6.07, 6.45) is 0. The molecule has 3 aromatic heterocycles. The van der Waals surface area contributed by atoms with Crippen LogP contribution in [0.4, 0.5) is 17.1 Å². The Hall–Kier alpha value is -8.08. The van der Waals surface area contributed by atoms with Gasteiger partial charge in [0.15, 0.2) is 0 Å². The number of hydrogen-bond acceptors (Lipinski definition) is 4. The van der Waals surface area contributed by atoms with Crippen molar-refractivity contribution in [3.8, 4) is 22.3 Å². The van der Waals surface area contributed by atoms with E-state index in [1.54, 1.807) is 0 Å². The number of rotatable bonds is 5. The smallest absolute Gasteiger partial charge is 0.147 e. The van der Waals surface area contributed by atoms with E-state index in [2.05, 4.69) is 187 Å². The molecular formula is C56H33NO3. The zero-order valence-corrected chi connectivity index (χ0v) is 32.2. The molecule has 0 radical (unpaired) electrons. The van der Waals surface area contributed by atoms with Gasteiger partial charge in [0.05, 0.1) is 5.39 Å². The van der Waals surface area contributed by atoms with Gasteiger partial charge in [0.25, 0.3) is 0 Å². The standard InChI is InChI=1S/C56H33NO3/c1-3-12-41-34(9-1)11-7-15-42(41)36-19-24-38(25-20-36)57(40-28-29-48-52(33-40)59-50-31-23-35-10-2-4-13-43(35)53(48)50)39-26-21-37(22-27-39)44-16-8-17-45-46-30-32-51-54(56(46)60-55(44)45)47-14-5-6-18-49(47)58-51/h1-33H. The average molecular weight is 768 g/mol. The van der Waals surface area contributed by atoms with Crippen LogP contribution in [-0.4, -0.2) is 0 Å². The minimum Gasteiger partial charge on any atom is -0.456 e. The first-order chi connectivity index (χ1) is 29.7. The zero-order chi connectivity index (χ0) is 39.3. The van der Waals surface area contributed by atoms with Gasteiger partial charge in [-0.2, -0.15) is 0 Å². The van der Waals surface area contributed by atoms with E-state index >= 15 is 0 Å². The Bertz CT molecular complexity index is 3820. The van der Waals surface area contributed by atoms with Gasteiger partial charge in [-0.3, -0.25) is 0 Å². The van der Waals surface area contributed by atoms with Crippen molar-refractivity contribution in [2.24, 2.45) is 0 Å². The van der Waals surface area contributed by atoms with Gasteiger partial charge >= 0.3 is 0 Å². The summed E-state index contributed by atoms with van der Waals surface area (Å²) in [5.41, 5.74) is 12.7. The second-order valence-electron chi connectivity index (χ2n) is 15.6. The normalized spacial score (nSPS) is 12.0. The van der Waals surface area contributed by atoms with Crippen LogP contribution in [0.15, 0.2) is 213 Å². The lowest BCUT2D eigenvalue weighted by Gasteiger charge is -2.26. The largest absolute Gasteiger partial charge is 0.456 e. The monoisotopic (exact) mass is 767 g/mol. The Morgan fingerprint density at radius 1 is 0.283 bits per heavy atom. The molecule has 0 aliphatic carbocycles. The molecule has 0 bridgehead atoms. The van der Waals surface area contributed by atoms with Crippen LogP contribution in [0.25, 0.3) is 110 Å². The second kappa shape index (κ2) is 12.7. The highest BCUT2D eigenvalue weighted by molar-refractivity contribution is 6.23. The van der Waals surface area contributed by atoms with Crippen LogP contribution in [0.5, 0.6) is 0 Å². The summed E-state index contributed by atoms with van der Waals surface area (Å²) in [5, 5.41) is 11.3. The van der Waals surface area contributed by atoms with E-state index in [-0.39, 0.29) is 0 Å². The Morgan fingerprint density at radius 2 is 0.817 bits per heavy atom. The zero-order valence-electron chi connectivity index (χ0n) is 32.2. The van der Waals surface area contributed by atoms with Crippen molar-refractivity contribution in [1.29, 1.82) is 0 Å². The van der Waals surface area contributed by atoms with Gasteiger partial charge in [0, 0.05) is 55.6 Å². The molecule has 0 unspecified atom stereocenters. The number of fused-ring (bicyclic) bond motifs is 13. The fraction of sp³-hybridized carbons (Fsp3) is 0. The molecule has 10 aromatic carbocycles. The highest BCUT2D eigenvalue weighted by atomic mass is 16.3. The van der Waals surface area contributed by atoms with Gasteiger partial charge in [-0.15, -0.1) is 0 Å². The molecule has 3 heterocycles. The van der Waals surface area contributed by atoms with Crippen molar-refractivity contribution in [2.75, 3.05) is 4.90 Å². The molecule has 0 aliphatic heterocycles. The van der Waals surface area contributed by atoms with E-state index in [0.29, 0.717) is 0 Å². The summed E-state index contributed by atoms with van der Waals surface area (Å²) in [7, 11) is 0. The van der Waals surface area contributed by atoms with E-state index < -0.39 is 0 Å². The Balaban J connectivity index is 0.950. The predicted molar refractivity (Wildman–Crippen MR) is 249 cm³/mol. The third-order valence-electron chi connectivity index (χ3n) is 12.3. The maximum Gasteiger partial charge on any atom is 0.147 e. The summed E-state index contributed by atoms with van der Waals surface area (Å²) in [6, 6.07) is 70.8. The molecule has 0 amide bonds. The van der Waals surface area contributed by atoms with Crippen LogP contribution in [0.3, 0.4) is 0 Å². The van der Waals surface area contributed by atoms with Crippen molar-refractivity contribution < 1.29 is 13.3 Å². The molecule has 13 rings (SSSR count). The van der Waals surface area contributed by atoms with Crippen molar-refractivity contribution >= 4 is 104 Å².